The van der Waals surface area contributed by atoms with Crippen LogP contribution in [0.5, 0.6) is 0 Å². The second kappa shape index (κ2) is 4.59. The molecule has 0 spiro atoms. The number of hydrogen-bond donors (Lipinski definition) is 0. The van der Waals surface area contributed by atoms with Gasteiger partial charge in [0.15, 0.2) is 0 Å². The molecule has 1 aliphatic rings. The van der Waals surface area contributed by atoms with E-state index in [1.165, 1.54) is 6.26 Å². The third-order valence-corrected chi connectivity index (χ3v) is 4.08. The van der Waals surface area contributed by atoms with Gasteiger partial charge in [0.25, 0.3) is 0 Å². The zero-order valence-corrected chi connectivity index (χ0v) is 10.0. The van der Waals surface area contributed by atoms with Gasteiger partial charge in [0.05, 0.1) is 6.26 Å². The Morgan fingerprint density at radius 1 is 1.36 bits per heavy atom. The predicted octanol–water partition coefficient (Wildman–Crippen LogP) is 0.362. The molecule has 1 atom stereocenters. The van der Waals surface area contributed by atoms with E-state index in [2.05, 4.69) is 11.9 Å². The lowest BCUT2D eigenvalue weighted by molar-refractivity contribution is 0.271. The van der Waals surface area contributed by atoms with Gasteiger partial charge in [-0.3, -0.25) is 0 Å². The topological polar surface area (TPSA) is 40.6 Å². The largest absolute Gasteiger partial charge is 0.305 e. The molecule has 0 aliphatic carbocycles. The Morgan fingerprint density at radius 2 is 2.00 bits per heavy atom. The van der Waals surface area contributed by atoms with Gasteiger partial charge in [-0.25, -0.2) is 8.42 Å². The SMILES string of the molecule is CCC1CN(C)CCCN1S(C)(=O)=O. The van der Waals surface area contributed by atoms with Crippen molar-refractivity contribution in [2.75, 3.05) is 32.9 Å². The average Bonchev–Trinajstić information content (AvgIpc) is 2.25. The highest BCUT2D eigenvalue weighted by molar-refractivity contribution is 7.88. The van der Waals surface area contributed by atoms with Crippen LogP contribution < -0.4 is 0 Å². The smallest absolute Gasteiger partial charge is 0.211 e. The van der Waals surface area contributed by atoms with E-state index in [9.17, 15) is 8.42 Å². The maximum absolute atomic E-state index is 11.5. The third kappa shape index (κ3) is 2.93. The van der Waals surface area contributed by atoms with Crippen LogP contribution >= 0.6 is 0 Å². The number of hydrogen-bond acceptors (Lipinski definition) is 3. The minimum Gasteiger partial charge on any atom is -0.305 e. The van der Waals surface area contributed by atoms with Crippen molar-refractivity contribution in [1.82, 2.24) is 9.21 Å². The van der Waals surface area contributed by atoms with Crippen molar-refractivity contribution in [3.05, 3.63) is 0 Å². The van der Waals surface area contributed by atoms with E-state index in [1.54, 1.807) is 4.31 Å². The first-order chi connectivity index (χ1) is 6.45. The predicted molar refractivity (Wildman–Crippen MR) is 57.7 cm³/mol. The van der Waals surface area contributed by atoms with E-state index in [1.807, 2.05) is 6.92 Å². The third-order valence-electron chi connectivity index (χ3n) is 2.75. The van der Waals surface area contributed by atoms with Crippen molar-refractivity contribution in [1.29, 1.82) is 0 Å². The first-order valence-corrected chi connectivity index (χ1v) is 6.95. The molecule has 0 bridgehead atoms. The monoisotopic (exact) mass is 220 g/mol. The van der Waals surface area contributed by atoms with Crippen molar-refractivity contribution in [2.24, 2.45) is 0 Å². The summed E-state index contributed by atoms with van der Waals surface area (Å²) in [4.78, 5) is 2.21. The number of nitrogens with zero attached hydrogens (tertiary/aromatic N) is 2. The molecule has 1 saturated heterocycles. The van der Waals surface area contributed by atoms with Gasteiger partial charge >= 0.3 is 0 Å². The van der Waals surface area contributed by atoms with Crippen LogP contribution in [-0.4, -0.2) is 56.6 Å². The molecule has 84 valence electrons. The van der Waals surface area contributed by atoms with Gasteiger partial charge in [0.2, 0.25) is 10.0 Å². The summed E-state index contributed by atoms with van der Waals surface area (Å²) < 4.78 is 24.7. The summed E-state index contributed by atoms with van der Waals surface area (Å²) in [5.74, 6) is 0. The van der Waals surface area contributed by atoms with Gasteiger partial charge in [-0.1, -0.05) is 6.92 Å². The van der Waals surface area contributed by atoms with Gasteiger partial charge in [0.1, 0.15) is 0 Å². The normalized spacial score (nSPS) is 27.5. The first-order valence-electron chi connectivity index (χ1n) is 5.10. The van der Waals surface area contributed by atoms with E-state index in [0.29, 0.717) is 6.54 Å². The lowest BCUT2D eigenvalue weighted by Crippen LogP contribution is -2.42. The van der Waals surface area contributed by atoms with Gasteiger partial charge in [-0.05, 0) is 26.4 Å². The summed E-state index contributed by atoms with van der Waals surface area (Å²) in [5.41, 5.74) is 0. The van der Waals surface area contributed by atoms with Crippen LogP contribution in [0.1, 0.15) is 19.8 Å². The van der Waals surface area contributed by atoms with Crippen LogP contribution in [0.4, 0.5) is 0 Å². The molecule has 0 aromatic carbocycles. The lowest BCUT2D eigenvalue weighted by Gasteiger charge is -2.27. The summed E-state index contributed by atoms with van der Waals surface area (Å²) >= 11 is 0. The molecule has 1 unspecified atom stereocenters. The molecule has 1 fully saturated rings. The molecule has 0 radical (unpaired) electrons. The number of rotatable bonds is 2. The van der Waals surface area contributed by atoms with Gasteiger partial charge < -0.3 is 4.90 Å². The lowest BCUT2D eigenvalue weighted by atomic mass is 10.2. The summed E-state index contributed by atoms with van der Waals surface area (Å²) in [6.45, 7) is 4.55. The summed E-state index contributed by atoms with van der Waals surface area (Å²) in [5, 5.41) is 0. The maximum Gasteiger partial charge on any atom is 0.211 e. The van der Waals surface area contributed by atoms with Crippen LogP contribution in [0, 0.1) is 0 Å². The Morgan fingerprint density at radius 3 is 2.50 bits per heavy atom. The molecule has 1 heterocycles. The minimum absolute atomic E-state index is 0.150. The fourth-order valence-corrected chi connectivity index (χ4v) is 3.21. The highest BCUT2D eigenvalue weighted by Crippen LogP contribution is 2.14. The molecule has 0 N–H and O–H groups in total. The van der Waals surface area contributed by atoms with Crippen molar-refractivity contribution in [2.45, 2.75) is 25.8 Å². The van der Waals surface area contributed by atoms with Crippen molar-refractivity contribution in [3.8, 4) is 0 Å². The van der Waals surface area contributed by atoms with E-state index in [0.717, 1.165) is 25.9 Å². The van der Waals surface area contributed by atoms with Crippen LogP contribution in [0.15, 0.2) is 0 Å². The second-order valence-electron chi connectivity index (χ2n) is 4.05. The summed E-state index contributed by atoms with van der Waals surface area (Å²) in [6, 6.07) is 0.150. The fourth-order valence-electron chi connectivity index (χ4n) is 1.99. The van der Waals surface area contributed by atoms with Crippen molar-refractivity contribution in [3.63, 3.8) is 0 Å². The molecule has 0 aromatic rings. The molecule has 1 aliphatic heterocycles. The van der Waals surface area contributed by atoms with E-state index < -0.39 is 10.0 Å². The minimum atomic E-state index is -3.03. The Kier molecular flexibility index (Phi) is 3.92. The molecule has 5 heteroatoms. The molecular weight excluding hydrogens is 200 g/mol. The average molecular weight is 220 g/mol. The Labute approximate surface area is 86.9 Å². The summed E-state index contributed by atoms with van der Waals surface area (Å²) in [7, 11) is -0.977. The quantitative estimate of drug-likeness (QED) is 0.675. The maximum atomic E-state index is 11.5. The van der Waals surface area contributed by atoms with Crippen LogP contribution in [0.3, 0.4) is 0 Å². The van der Waals surface area contributed by atoms with Crippen LogP contribution in [-0.2, 0) is 10.0 Å². The van der Waals surface area contributed by atoms with E-state index in [4.69, 9.17) is 0 Å². The molecule has 14 heavy (non-hydrogen) atoms. The molecule has 0 aromatic heterocycles. The highest BCUT2D eigenvalue weighted by atomic mass is 32.2. The Balaban J connectivity index is 2.81. The highest BCUT2D eigenvalue weighted by Gasteiger charge is 2.28. The fraction of sp³-hybridized carbons (Fsp3) is 1.00. The van der Waals surface area contributed by atoms with Gasteiger partial charge in [-0.2, -0.15) is 4.31 Å². The van der Waals surface area contributed by atoms with Gasteiger partial charge in [-0.15, -0.1) is 0 Å². The standard InChI is InChI=1S/C9H20N2O2S/c1-4-9-8-10(2)6-5-7-11(9)14(3,12)13/h9H,4-8H2,1-3H3. The van der Waals surface area contributed by atoms with Gasteiger partial charge in [0, 0.05) is 19.1 Å². The summed E-state index contributed by atoms with van der Waals surface area (Å²) in [6.07, 6.45) is 3.12. The van der Waals surface area contributed by atoms with E-state index in [-0.39, 0.29) is 6.04 Å². The zero-order chi connectivity index (χ0) is 10.8. The Bertz CT molecular complexity index is 277. The van der Waals surface area contributed by atoms with E-state index >= 15 is 0 Å². The molecule has 1 rings (SSSR count). The molecule has 4 nitrogen and oxygen atoms in total. The van der Waals surface area contributed by atoms with Crippen LogP contribution in [0.2, 0.25) is 0 Å². The molecule has 0 amide bonds. The van der Waals surface area contributed by atoms with Crippen LogP contribution in [0.25, 0.3) is 0 Å². The zero-order valence-electron chi connectivity index (χ0n) is 9.23. The number of likely N-dealkylation sites (N-methyl/N-ethyl adjacent to an activating group) is 1. The first kappa shape index (κ1) is 11.9. The second-order valence-corrected chi connectivity index (χ2v) is 5.99. The van der Waals surface area contributed by atoms with Crippen molar-refractivity contribution < 1.29 is 8.42 Å². The molecular formula is C9H20N2O2S. The number of sulfonamides is 1. The molecule has 0 saturated carbocycles. The van der Waals surface area contributed by atoms with Crippen molar-refractivity contribution >= 4 is 10.0 Å². The Hall–Kier alpha value is -0.130.